The number of urea groups is 1. The molecule has 26 heavy (non-hydrogen) atoms. The molecule has 1 aromatic carbocycles. The number of likely N-dealkylation sites (tertiary alicyclic amines) is 1. The molecule has 7 nitrogen and oxygen atoms in total. The van der Waals surface area contributed by atoms with Crippen molar-refractivity contribution >= 4 is 23.4 Å². The molecule has 2 aliphatic heterocycles. The summed E-state index contributed by atoms with van der Waals surface area (Å²) in [4.78, 5) is 41.9. The van der Waals surface area contributed by atoms with Crippen LogP contribution in [0.3, 0.4) is 0 Å². The van der Waals surface area contributed by atoms with Gasteiger partial charge in [-0.3, -0.25) is 9.59 Å². The average molecular weight is 358 g/mol. The SMILES string of the molecule is C[C@H](NC(=O)N1CCN(c2ccccc2)CC1)C(=O)N1CCC(=O)CC1. The van der Waals surface area contributed by atoms with E-state index in [0.29, 0.717) is 39.0 Å². The lowest BCUT2D eigenvalue weighted by Crippen LogP contribution is -2.56. The van der Waals surface area contributed by atoms with Crippen molar-refractivity contribution in [3.8, 4) is 0 Å². The van der Waals surface area contributed by atoms with Crippen molar-refractivity contribution < 1.29 is 14.4 Å². The maximum absolute atomic E-state index is 12.5. The number of anilines is 1. The molecule has 2 fully saturated rings. The van der Waals surface area contributed by atoms with Crippen LogP contribution in [0.1, 0.15) is 19.8 Å². The Hall–Kier alpha value is -2.57. The Morgan fingerprint density at radius 2 is 1.54 bits per heavy atom. The van der Waals surface area contributed by atoms with Gasteiger partial charge in [0.25, 0.3) is 0 Å². The van der Waals surface area contributed by atoms with Crippen LogP contribution in [0, 0.1) is 0 Å². The van der Waals surface area contributed by atoms with Crippen molar-refractivity contribution in [2.45, 2.75) is 25.8 Å². The summed E-state index contributed by atoms with van der Waals surface area (Å²) in [7, 11) is 0. The molecule has 1 N–H and O–H groups in total. The Balaban J connectivity index is 1.46. The largest absolute Gasteiger partial charge is 0.368 e. The van der Waals surface area contributed by atoms with Gasteiger partial charge in [0.15, 0.2) is 0 Å². The Kier molecular flexibility index (Phi) is 5.75. The van der Waals surface area contributed by atoms with E-state index in [9.17, 15) is 14.4 Å². The summed E-state index contributed by atoms with van der Waals surface area (Å²) < 4.78 is 0. The number of hydrogen-bond donors (Lipinski definition) is 1. The van der Waals surface area contributed by atoms with Crippen LogP contribution in [0.25, 0.3) is 0 Å². The van der Waals surface area contributed by atoms with Gasteiger partial charge in [-0.25, -0.2) is 4.79 Å². The van der Waals surface area contributed by atoms with Crippen LogP contribution < -0.4 is 10.2 Å². The van der Waals surface area contributed by atoms with Gasteiger partial charge in [-0.05, 0) is 19.1 Å². The Morgan fingerprint density at radius 1 is 0.923 bits per heavy atom. The zero-order valence-electron chi connectivity index (χ0n) is 15.2. The topological polar surface area (TPSA) is 73.0 Å². The maximum Gasteiger partial charge on any atom is 0.318 e. The van der Waals surface area contributed by atoms with Gasteiger partial charge in [0.2, 0.25) is 5.91 Å². The van der Waals surface area contributed by atoms with E-state index in [-0.39, 0.29) is 17.7 Å². The van der Waals surface area contributed by atoms with E-state index in [1.807, 2.05) is 18.2 Å². The minimum absolute atomic E-state index is 0.117. The van der Waals surface area contributed by atoms with Crippen LogP contribution in [-0.2, 0) is 9.59 Å². The highest BCUT2D eigenvalue weighted by Gasteiger charge is 2.28. The number of amides is 3. The quantitative estimate of drug-likeness (QED) is 0.878. The van der Waals surface area contributed by atoms with E-state index < -0.39 is 6.04 Å². The molecule has 0 unspecified atom stereocenters. The summed E-state index contributed by atoms with van der Waals surface area (Å²) in [5.74, 6) is 0.0794. The summed E-state index contributed by atoms with van der Waals surface area (Å²) in [6.45, 7) is 5.40. The molecule has 0 aliphatic carbocycles. The van der Waals surface area contributed by atoms with Crippen LogP contribution in [0.5, 0.6) is 0 Å². The molecular weight excluding hydrogens is 332 g/mol. The van der Waals surface area contributed by atoms with Crippen molar-refractivity contribution in [1.29, 1.82) is 0 Å². The Morgan fingerprint density at radius 3 is 2.15 bits per heavy atom. The van der Waals surface area contributed by atoms with E-state index in [0.717, 1.165) is 18.8 Å². The second-order valence-electron chi connectivity index (χ2n) is 6.84. The minimum Gasteiger partial charge on any atom is -0.368 e. The highest BCUT2D eigenvalue weighted by Crippen LogP contribution is 2.15. The first-order chi connectivity index (χ1) is 12.5. The van der Waals surface area contributed by atoms with Crippen molar-refractivity contribution in [2.24, 2.45) is 0 Å². The van der Waals surface area contributed by atoms with Gasteiger partial charge in [-0.15, -0.1) is 0 Å². The van der Waals surface area contributed by atoms with Crippen molar-refractivity contribution in [2.75, 3.05) is 44.2 Å². The first-order valence-electron chi connectivity index (χ1n) is 9.20. The number of nitrogens with one attached hydrogen (secondary N) is 1. The van der Waals surface area contributed by atoms with Gasteiger partial charge in [-0.1, -0.05) is 18.2 Å². The number of ketones is 1. The normalized spacial score (nSPS) is 19.3. The molecule has 1 aromatic rings. The van der Waals surface area contributed by atoms with E-state index in [4.69, 9.17) is 0 Å². The lowest BCUT2D eigenvalue weighted by molar-refractivity contribution is -0.135. The number of nitrogens with zero attached hydrogens (tertiary/aromatic N) is 3. The van der Waals surface area contributed by atoms with Crippen LogP contribution in [0.2, 0.25) is 0 Å². The molecule has 0 aromatic heterocycles. The third-order valence-corrected chi connectivity index (χ3v) is 5.03. The molecule has 3 rings (SSSR count). The highest BCUT2D eigenvalue weighted by molar-refractivity contribution is 5.88. The maximum atomic E-state index is 12.5. The highest BCUT2D eigenvalue weighted by atomic mass is 16.2. The number of Topliss-reactive ketones (excluding diaryl/α,β-unsaturated/α-hetero) is 1. The van der Waals surface area contributed by atoms with Gasteiger partial charge in [0, 0.05) is 57.8 Å². The number of hydrogen-bond acceptors (Lipinski definition) is 4. The number of carbonyl (C=O) groups is 3. The molecule has 0 spiro atoms. The Labute approximate surface area is 153 Å². The van der Waals surface area contributed by atoms with Gasteiger partial charge < -0.3 is 20.0 Å². The zero-order valence-corrected chi connectivity index (χ0v) is 15.2. The number of para-hydroxylation sites is 1. The number of benzene rings is 1. The third kappa shape index (κ3) is 4.33. The van der Waals surface area contributed by atoms with Gasteiger partial charge >= 0.3 is 6.03 Å². The lowest BCUT2D eigenvalue weighted by atomic mass is 10.1. The van der Waals surface area contributed by atoms with E-state index in [1.165, 1.54) is 0 Å². The van der Waals surface area contributed by atoms with Gasteiger partial charge in [0.05, 0.1) is 0 Å². The number of piperidine rings is 1. The molecule has 7 heteroatoms. The summed E-state index contributed by atoms with van der Waals surface area (Å²) in [6.07, 6.45) is 0.821. The fourth-order valence-electron chi connectivity index (χ4n) is 3.40. The molecule has 2 aliphatic rings. The average Bonchev–Trinajstić information content (AvgIpc) is 2.68. The van der Waals surface area contributed by atoms with E-state index >= 15 is 0 Å². The van der Waals surface area contributed by atoms with Gasteiger partial charge in [0.1, 0.15) is 11.8 Å². The molecule has 0 bridgehead atoms. The van der Waals surface area contributed by atoms with E-state index in [1.54, 1.807) is 16.7 Å². The number of rotatable bonds is 3. The Bertz CT molecular complexity index is 646. The van der Waals surface area contributed by atoms with Gasteiger partial charge in [-0.2, -0.15) is 0 Å². The fraction of sp³-hybridized carbons (Fsp3) is 0.526. The summed E-state index contributed by atoms with van der Waals surface area (Å²) in [5.41, 5.74) is 1.16. The molecule has 0 radical (unpaired) electrons. The lowest BCUT2D eigenvalue weighted by Gasteiger charge is -2.37. The first-order valence-corrected chi connectivity index (χ1v) is 9.20. The fourth-order valence-corrected chi connectivity index (χ4v) is 3.40. The zero-order chi connectivity index (χ0) is 18.5. The summed E-state index contributed by atoms with van der Waals surface area (Å²) in [6, 6.07) is 9.37. The predicted molar refractivity (Wildman–Crippen MR) is 99.0 cm³/mol. The van der Waals surface area contributed by atoms with Crippen LogP contribution in [0.4, 0.5) is 10.5 Å². The van der Waals surface area contributed by atoms with Crippen molar-refractivity contribution in [1.82, 2.24) is 15.1 Å². The van der Waals surface area contributed by atoms with Crippen LogP contribution in [0.15, 0.2) is 30.3 Å². The molecule has 140 valence electrons. The molecule has 2 heterocycles. The van der Waals surface area contributed by atoms with Crippen LogP contribution >= 0.6 is 0 Å². The predicted octanol–water partition coefficient (Wildman–Crippen LogP) is 1.10. The number of piperazine rings is 1. The molecular formula is C19H26N4O3. The molecule has 3 amide bonds. The molecule has 1 atom stereocenters. The minimum atomic E-state index is -0.581. The monoisotopic (exact) mass is 358 g/mol. The van der Waals surface area contributed by atoms with E-state index in [2.05, 4.69) is 22.3 Å². The summed E-state index contributed by atoms with van der Waals surface area (Å²) >= 11 is 0. The standard InChI is InChI=1S/C19H26N4O3/c1-15(18(25)22-9-7-17(24)8-10-22)20-19(26)23-13-11-21(12-14-23)16-5-3-2-4-6-16/h2-6,15H,7-14H2,1H3,(H,20,26)/t15-/m0/s1. The third-order valence-electron chi connectivity index (χ3n) is 5.03. The first kappa shape index (κ1) is 18.2. The summed E-state index contributed by atoms with van der Waals surface area (Å²) in [5, 5.41) is 2.80. The molecule has 2 saturated heterocycles. The smallest absolute Gasteiger partial charge is 0.318 e. The van der Waals surface area contributed by atoms with Crippen molar-refractivity contribution in [3.63, 3.8) is 0 Å². The number of carbonyl (C=O) groups excluding carboxylic acids is 3. The van der Waals surface area contributed by atoms with Crippen molar-refractivity contribution in [3.05, 3.63) is 30.3 Å². The van der Waals surface area contributed by atoms with Crippen LogP contribution in [-0.4, -0.2) is 72.8 Å². The molecule has 0 saturated carbocycles. The second kappa shape index (κ2) is 8.21. The second-order valence-corrected chi connectivity index (χ2v) is 6.84.